The highest BCUT2D eigenvalue weighted by Crippen LogP contribution is 2.38. The Bertz CT molecular complexity index is 480. The molecule has 0 radical (unpaired) electrons. The molecule has 2 atom stereocenters. The molecule has 1 saturated carbocycles. The lowest BCUT2D eigenvalue weighted by Crippen LogP contribution is -2.53. The van der Waals surface area contributed by atoms with Gasteiger partial charge in [0, 0.05) is 5.69 Å². The summed E-state index contributed by atoms with van der Waals surface area (Å²) in [5.41, 5.74) is 7.40. The quantitative estimate of drug-likeness (QED) is 0.864. The predicted octanol–water partition coefficient (Wildman–Crippen LogP) is 3.87. The fourth-order valence-corrected chi connectivity index (χ4v) is 3.57. The van der Waals surface area contributed by atoms with Gasteiger partial charge >= 0.3 is 0 Å². The molecule has 3 N–H and O–H groups in total. The van der Waals surface area contributed by atoms with E-state index in [1.807, 2.05) is 12.1 Å². The molecule has 3 heteroatoms. The number of hydrogen-bond acceptors (Lipinski definition) is 2. The van der Waals surface area contributed by atoms with E-state index in [-0.39, 0.29) is 5.91 Å². The Kier molecular flexibility index (Phi) is 4.92. The molecule has 1 aromatic carbocycles. The van der Waals surface area contributed by atoms with Gasteiger partial charge in [0.05, 0.1) is 0 Å². The summed E-state index contributed by atoms with van der Waals surface area (Å²) in [5.74, 6) is 1.04. The van der Waals surface area contributed by atoms with E-state index >= 15 is 0 Å². The topological polar surface area (TPSA) is 55.1 Å². The molecule has 1 amide bonds. The standard InChI is InChI=1S/C18H28N2O/c1-13(2)11-15-5-4-10-18(12-15,17(19)21)20-16-8-6-14(3)7-9-16/h6-9,13,15,20H,4-5,10-12H2,1-3H3,(H2,19,21). The molecular weight excluding hydrogens is 260 g/mol. The van der Waals surface area contributed by atoms with Crippen LogP contribution in [0, 0.1) is 18.8 Å². The molecule has 116 valence electrons. The smallest absolute Gasteiger partial charge is 0.243 e. The van der Waals surface area contributed by atoms with Crippen molar-refractivity contribution in [2.75, 3.05) is 5.32 Å². The van der Waals surface area contributed by atoms with Gasteiger partial charge in [-0.25, -0.2) is 0 Å². The Labute approximate surface area is 128 Å². The third kappa shape index (κ3) is 3.99. The van der Waals surface area contributed by atoms with E-state index in [0.29, 0.717) is 11.8 Å². The van der Waals surface area contributed by atoms with Crippen LogP contribution in [0.5, 0.6) is 0 Å². The SMILES string of the molecule is Cc1ccc(NC2(C(N)=O)CCCC(CC(C)C)C2)cc1. The van der Waals surface area contributed by atoms with Crippen LogP contribution in [0.3, 0.4) is 0 Å². The summed E-state index contributed by atoms with van der Waals surface area (Å²) in [7, 11) is 0. The molecule has 2 unspecified atom stereocenters. The minimum absolute atomic E-state index is 0.212. The summed E-state index contributed by atoms with van der Waals surface area (Å²) in [6.45, 7) is 6.55. The summed E-state index contributed by atoms with van der Waals surface area (Å²) in [5, 5.41) is 3.45. The van der Waals surface area contributed by atoms with Gasteiger partial charge in [0.1, 0.15) is 5.54 Å². The van der Waals surface area contributed by atoms with Crippen molar-refractivity contribution in [3.8, 4) is 0 Å². The maximum absolute atomic E-state index is 12.1. The highest BCUT2D eigenvalue weighted by Gasteiger charge is 2.41. The number of primary amides is 1. The number of benzene rings is 1. The molecule has 0 bridgehead atoms. The number of rotatable bonds is 5. The molecule has 0 heterocycles. The first-order valence-electron chi connectivity index (χ1n) is 8.06. The second-order valence-corrected chi connectivity index (χ2v) is 7.03. The maximum Gasteiger partial charge on any atom is 0.243 e. The number of amides is 1. The third-order valence-corrected chi connectivity index (χ3v) is 4.56. The Morgan fingerprint density at radius 2 is 2.05 bits per heavy atom. The van der Waals surface area contributed by atoms with Crippen molar-refractivity contribution in [2.24, 2.45) is 17.6 Å². The lowest BCUT2D eigenvalue weighted by Gasteiger charge is -2.40. The number of nitrogens with two attached hydrogens (primary N) is 1. The molecule has 0 spiro atoms. The van der Waals surface area contributed by atoms with Crippen molar-refractivity contribution in [3.05, 3.63) is 29.8 Å². The van der Waals surface area contributed by atoms with Crippen molar-refractivity contribution < 1.29 is 4.79 Å². The lowest BCUT2D eigenvalue weighted by atomic mass is 9.72. The molecule has 1 aliphatic rings. The van der Waals surface area contributed by atoms with Gasteiger partial charge in [0.2, 0.25) is 5.91 Å². The van der Waals surface area contributed by atoms with Crippen molar-refractivity contribution >= 4 is 11.6 Å². The van der Waals surface area contributed by atoms with Gasteiger partial charge in [0.25, 0.3) is 0 Å². The van der Waals surface area contributed by atoms with Gasteiger partial charge in [-0.3, -0.25) is 4.79 Å². The Morgan fingerprint density at radius 3 is 2.62 bits per heavy atom. The van der Waals surface area contributed by atoms with Crippen LogP contribution in [0.15, 0.2) is 24.3 Å². The van der Waals surface area contributed by atoms with Gasteiger partial charge in [-0.15, -0.1) is 0 Å². The number of nitrogens with one attached hydrogen (secondary N) is 1. The van der Waals surface area contributed by atoms with E-state index in [1.54, 1.807) is 0 Å². The van der Waals surface area contributed by atoms with Crippen LogP contribution in [-0.2, 0) is 4.79 Å². The second-order valence-electron chi connectivity index (χ2n) is 7.03. The Balaban J connectivity index is 2.16. The molecule has 1 aromatic rings. The molecule has 0 aliphatic heterocycles. The number of aryl methyl sites for hydroxylation is 1. The monoisotopic (exact) mass is 288 g/mol. The van der Waals surface area contributed by atoms with Gasteiger partial charge < -0.3 is 11.1 Å². The average Bonchev–Trinajstić information content (AvgIpc) is 2.41. The molecular formula is C18H28N2O. The fourth-order valence-electron chi connectivity index (χ4n) is 3.57. The highest BCUT2D eigenvalue weighted by molar-refractivity contribution is 5.88. The zero-order valence-corrected chi connectivity index (χ0v) is 13.5. The average molecular weight is 288 g/mol. The minimum Gasteiger partial charge on any atom is -0.371 e. The first-order chi connectivity index (χ1) is 9.91. The summed E-state index contributed by atoms with van der Waals surface area (Å²) in [6.07, 6.45) is 5.14. The Hall–Kier alpha value is -1.51. The normalized spacial score (nSPS) is 25.8. The fraction of sp³-hybridized carbons (Fsp3) is 0.611. The third-order valence-electron chi connectivity index (χ3n) is 4.56. The van der Waals surface area contributed by atoms with E-state index in [4.69, 9.17) is 5.73 Å². The largest absolute Gasteiger partial charge is 0.371 e. The number of carbonyl (C=O) groups is 1. The summed E-state index contributed by atoms with van der Waals surface area (Å²) in [4.78, 5) is 12.1. The Morgan fingerprint density at radius 1 is 1.38 bits per heavy atom. The van der Waals surface area contributed by atoms with E-state index in [9.17, 15) is 4.79 Å². The maximum atomic E-state index is 12.1. The van der Waals surface area contributed by atoms with Crippen LogP contribution in [0.2, 0.25) is 0 Å². The van der Waals surface area contributed by atoms with Gasteiger partial charge in [-0.2, -0.15) is 0 Å². The lowest BCUT2D eigenvalue weighted by molar-refractivity contribution is -0.123. The summed E-state index contributed by atoms with van der Waals surface area (Å²) >= 11 is 0. The van der Waals surface area contributed by atoms with Crippen LogP contribution in [-0.4, -0.2) is 11.4 Å². The summed E-state index contributed by atoms with van der Waals surface area (Å²) in [6, 6.07) is 8.19. The van der Waals surface area contributed by atoms with E-state index in [1.165, 1.54) is 18.4 Å². The van der Waals surface area contributed by atoms with Crippen LogP contribution in [0.1, 0.15) is 51.5 Å². The van der Waals surface area contributed by atoms with Gasteiger partial charge in [-0.05, 0) is 50.2 Å². The number of anilines is 1. The van der Waals surface area contributed by atoms with Crippen LogP contribution >= 0.6 is 0 Å². The van der Waals surface area contributed by atoms with Crippen LogP contribution in [0.4, 0.5) is 5.69 Å². The number of hydrogen-bond donors (Lipinski definition) is 2. The molecule has 3 nitrogen and oxygen atoms in total. The van der Waals surface area contributed by atoms with E-state index in [0.717, 1.165) is 24.9 Å². The van der Waals surface area contributed by atoms with Crippen molar-refractivity contribution in [1.82, 2.24) is 0 Å². The zero-order valence-electron chi connectivity index (χ0n) is 13.5. The molecule has 1 fully saturated rings. The van der Waals surface area contributed by atoms with Gasteiger partial charge in [0.15, 0.2) is 0 Å². The predicted molar refractivity (Wildman–Crippen MR) is 88.1 cm³/mol. The van der Waals surface area contributed by atoms with Crippen molar-refractivity contribution in [1.29, 1.82) is 0 Å². The zero-order chi connectivity index (χ0) is 15.5. The van der Waals surface area contributed by atoms with E-state index in [2.05, 4.69) is 38.2 Å². The first kappa shape index (κ1) is 15.9. The van der Waals surface area contributed by atoms with Gasteiger partial charge in [-0.1, -0.05) is 44.4 Å². The first-order valence-corrected chi connectivity index (χ1v) is 8.06. The highest BCUT2D eigenvalue weighted by atomic mass is 16.1. The molecule has 21 heavy (non-hydrogen) atoms. The molecule has 2 rings (SSSR count). The van der Waals surface area contributed by atoms with Crippen molar-refractivity contribution in [2.45, 2.75) is 58.4 Å². The summed E-state index contributed by atoms with van der Waals surface area (Å²) < 4.78 is 0. The van der Waals surface area contributed by atoms with Crippen molar-refractivity contribution in [3.63, 3.8) is 0 Å². The minimum atomic E-state index is -0.576. The van der Waals surface area contributed by atoms with Crippen LogP contribution in [0.25, 0.3) is 0 Å². The molecule has 0 saturated heterocycles. The molecule has 1 aliphatic carbocycles. The molecule has 0 aromatic heterocycles. The van der Waals surface area contributed by atoms with E-state index < -0.39 is 5.54 Å². The number of carbonyl (C=O) groups excluding carboxylic acids is 1. The van der Waals surface area contributed by atoms with Crippen LogP contribution < -0.4 is 11.1 Å². The second kappa shape index (κ2) is 6.50.